The molecule has 0 amide bonds. The van der Waals surface area contributed by atoms with Crippen molar-refractivity contribution in [2.24, 2.45) is 0 Å². The lowest BCUT2D eigenvalue weighted by molar-refractivity contribution is 1.07. The number of fused-ring (bicyclic) bond motifs is 3. The van der Waals surface area contributed by atoms with Crippen molar-refractivity contribution < 1.29 is 0 Å². The van der Waals surface area contributed by atoms with Gasteiger partial charge in [0.2, 0.25) is 0 Å². The van der Waals surface area contributed by atoms with Gasteiger partial charge < -0.3 is 4.57 Å². The van der Waals surface area contributed by atoms with E-state index in [1.165, 1.54) is 83.1 Å². The van der Waals surface area contributed by atoms with Crippen LogP contribution in [-0.4, -0.2) is 19.5 Å². The predicted molar refractivity (Wildman–Crippen MR) is 246 cm³/mol. The first-order valence-electron chi connectivity index (χ1n) is 20.2. The fourth-order valence-electron chi connectivity index (χ4n) is 8.74. The van der Waals surface area contributed by atoms with Gasteiger partial charge in [0.15, 0.2) is 17.5 Å². The van der Waals surface area contributed by atoms with Gasteiger partial charge in [0.1, 0.15) is 0 Å². The molecule has 10 aromatic rings. The zero-order valence-corrected chi connectivity index (χ0v) is 33.6. The normalized spacial score (nSPS) is 11.4. The van der Waals surface area contributed by atoms with E-state index in [1.54, 1.807) is 0 Å². The highest BCUT2D eigenvalue weighted by Crippen LogP contribution is 2.41. The second-order valence-electron chi connectivity index (χ2n) is 15.4. The van der Waals surface area contributed by atoms with Crippen LogP contribution in [0.15, 0.2) is 182 Å². The molecule has 0 aliphatic carbocycles. The molecule has 282 valence electrons. The van der Waals surface area contributed by atoms with Crippen LogP contribution in [0.5, 0.6) is 0 Å². The van der Waals surface area contributed by atoms with Crippen LogP contribution in [0.2, 0.25) is 0 Å². The summed E-state index contributed by atoms with van der Waals surface area (Å²) in [5, 5.41) is 2.52. The molecule has 0 saturated carbocycles. The summed E-state index contributed by atoms with van der Waals surface area (Å²) in [7, 11) is 0. The Morgan fingerprint density at radius 2 is 0.678 bits per heavy atom. The van der Waals surface area contributed by atoms with Gasteiger partial charge in [-0.1, -0.05) is 152 Å². The third-order valence-corrected chi connectivity index (χ3v) is 12.0. The van der Waals surface area contributed by atoms with Crippen LogP contribution in [0, 0.1) is 27.7 Å². The van der Waals surface area contributed by atoms with Crippen LogP contribution in [0.1, 0.15) is 22.3 Å². The zero-order valence-electron chi connectivity index (χ0n) is 33.6. The monoisotopic (exact) mass is 758 g/mol. The maximum atomic E-state index is 4.95. The Morgan fingerprint density at radius 3 is 1.19 bits per heavy atom. The summed E-state index contributed by atoms with van der Waals surface area (Å²) in [6.07, 6.45) is 0. The third-order valence-electron chi connectivity index (χ3n) is 12.0. The highest BCUT2D eigenvalue weighted by molar-refractivity contribution is 6.10. The predicted octanol–water partition coefficient (Wildman–Crippen LogP) is 14.2. The number of benzene rings is 8. The maximum absolute atomic E-state index is 4.95. The molecule has 0 saturated heterocycles. The van der Waals surface area contributed by atoms with Crippen LogP contribution in [0.3, 0.4) is 0 Å². The van der Waals surface area contributed by atoms with E-state index in [4.69, 9.17) is 15.0 Å². The minimum absolute atomic E-state index is 0.655. The van der Waals surface area contributed by atoms with Crippen molar-refractivity contribution in [3.05, 3.63) is 204 Å². The lowest BCUT2D eigenvalue weighted by atomic mass is 9.83. The molecule has 2 heterocycles. The number of aromatic nitrogens is 4. The van der Waals surface area contributed by atoms with Gasteiger partial charge in [0, 0.05) is 33.2 Å². The lowest BCUT2D eigenvalue weighted by Gasteiger charge is -2.21. The summed E-state index contributed by atoms with van der Waals surface area (Å²) in [5.41, 5.74) is 19.1. The molecule has 0 unspecified atom stereocenters. The Labute approximate surface area is 345 Å². The summed E-state index contributed by atoms with van der Waals surface area (Å²) in [6, 6.07) is 64.3. The smallest absolute Gasteiger partial charge is 0.164 e. The van der Waals surface area contributed by atoms with Gasteiger partial charge in [-0.25, -0.2) is 15.0 Å². The molecule has 0 bridgehead atoms. The zero-order chi connectivity index (χ0) is 40.0. The van der Waals surface area contributed by atoms with Gasteiger partial charge in [-0.3, -0.25) is 0 Å². The molecule has 0 aliphatic heterocycles. The summed E-state index contributed by atoms with van der Waals surface area (Å²) in [5.74, 6) is 1.98. The van der Waals surface area contributed by atoms with Crippen molar-refractivity contribution in [1.82, 2.24) is 19.5 Å². The van der Waals surface area contributed by atoms with E-state index in [0.717, 1.165) is 16.7 Å². The van der Waals surface area contributed by atoms with Crippen molar-refractivity contribution in [2.45, 2.75) is 27.7 Å². The van der Waals surface area contributed by atoms with Gasteiger partial charge in [-0.2, -0.15) is 0 Å². The van der Waals surface area contributed by atoms with E-state index in [-0.39, 0.29) is 0 Å². The molecule has 0 atom stereocenters. The van der Waals surface area contributed by atoms with E-state index < -0.39 is 0 Å². The summed E-state index contributed by atoms with van der Waals surface area (Å²) in [4.78, 5) is 14.8. The molecule has 4 heteroatoms. The van der Waals surface area contributed by atoms with Gasteiger partial charge in [0.05, 0.1) is 11.0 Å². The Morgan fingerprint density at radius 1 is 0.305 bits per heavy atom. The van der Waals surface area contributed by atoms with Gasteiger partial charge in [0.25, 0.3) is 0 Å². The van der Waals surface area contributed by atoms with E-state index in [2.05, 4.69) is 154 Å². The quantitative estimate of drug-likeness (QED) is 0.163. The number of hydrogen-bond acceptors (Lipinski definition) is 3. The van der Waals surface area contributed by atoms with Gasteiger partial charge >= 0.3 is 0 Å². The van der Waals surface area contributed by atoms with Gasteiger partial charge in [-0.15, -0.1) is 0 Å². The molecule has 4 nitrogen and oxygen atoms in total. The highest BCUT2D eigenvalue weighted by atomic mass is 15.0. The average molecular weight is 759 g/mol. The molecular formula is C55H42N4. The molecule has 0 spiro atoms. The van der Waals surface area contributed by atoms with E-state index in [1.807, 2.05) is 60.7 Å². The summed E-state index contributed by atoms with van der Waals surface area (Å²) < 4.78 is 2.37. The molecule has 0 radical (unpaired) electrons. The second kappa shape index (κ2) is 14.8. The van der Waals surface area contributed by atoms with Gasteiger partial charge in [-0.05, 0) is 114 Å². The average Bonchev–Trinajstić information content (AvgIpc) is 3.63. The molecular weight excluding hydrogens is 717 g/mol. The first-order valence-corrected chi connectivity index (χ1v) is 20.2. The Hall–Kier alpha value is -7.43. The molecule has 10 rings (SSSR count). The Balaban J connectivity index is 0.975. The molecule has 0 fully saturated rings. The van der Waals surface area contributed by atoms with Crippen molar-refractivity contribution in [1.29, 1.82) is 0 Å². The van der Waals surface area contributed by atoms with E-state index in [0.29, 0.717) is 17.5 Å². The first-order chi connectivity index (χ1) is 28.9. The third kappa shape index (κ3) is 6.40. The van der Waals surface area contributed by atoms with Crippen molar-refractivity contribution in [3.8, 4) is 73.2 Å². The summed E-state index contributed by atoms with van der Waals surface area (Å²) in [6.45, 7) is 9.04. The topological polar surface area (TPSA) is 43.6 Å². The van der Waals surface area contributed by atoms with Crippen LogP contribution in [0.25, 0.3) is 95.0 Å². The Kier molecular flexibility index (Phi) is 9.03. The number of nitrogens with zero attached hydrogens (tertiary/aromatic N) is 4. The van der Waals surface area contributed by atoms with Crippen LogP contribution < -0.4 is 0 Å². The van der Waals surface area contributed by atoms with E-state index >= 15 is 0 Å². The van der Waals surface area contributed by atoms with Crippen molar-refractivity contribution >= 4 is 21.8 Å². The fraction of sp³-hybridized carbons (Fsp3) is 0.0727. The second-order valence-corrected chi connectivity index (χ2v) is 15.4. The fourth-order valence-corrected chi connectivity index (χ4v) is 8.74. The highest BCUT2D eigenvalue weighted by Gasteiger charge is 2.19. The number of rotatable bonds is 7. The van der Waals surface area contributed by atoms with Crippen LogP contribution in [-0.2, 0) is 0 Å². The lowest BCUT2D eigenvalue weighted by Crippen LogP contribution is -2.01. The minimum Gasteiger partial charge on any atom is -0.309 e. The maximum Gasteiger partial charge on any atom is 0.164 e. The molecule has 59 heavy (non-hydrogen) atoms. The Bertz CT molecular complexity index is 3060. The first kappa shape index (κ1) is 35.9. The molecule has 2 aromatic heterocycles. The standard InChI is InChI=1S/C55H42N4/c1-35-37(3)52(41-28-30-44(31-29-41)55-57-53(42-16-8-5-9-17-42)56-54(58-55)43-18-10-6-11-19-43)38(4)36(2)51(35)40-26-24-39(25-27-40)45-32-33-50-48(34-45)47-22-14-15-23-49(47)59(50)46-20-12-7-13-21-46/h5-34H,1-4H3. The van der Waals surface area contributed by atoms with Crippen LogP contribution in [0.4, 0.5) is 0 Å². The largest absolute Gasteiger partial charge is 0.309 e. The van der Waals surface area contributed by atoms with E-state index in [9.17, 15) is 0 Å². The number of hydrogen-bond donors (Lipinski definition) is 0. The molecule has 0 N–H and O–H groups in total. The van der Waals surface area contributed by atoms with Crippen LogP contribution >= 0.6 is 0 Å². The minimum atomic E-state index is 0.655. The SMILES string of the molecule is Cc1c(C)c(-c2ccc(-c3nc(-c4ccccc4)nc(-c4ccccc4)n3)cc2)c(C)c(C)c1-c1ccc(-c2ccc3c(c2)c2ccccc2n3-c2ccccc2)cc1. The van der Waals surface area contributed by atoms with Crippen molar-refractivity contribution in [2.75, 3.05) is 0 Å². The number of para-hydroxylation sites is 2. The summed E-state index contributed by atoms with van der Waals surface area (Å²) >= 11 is 0. The molecule has 0 aliphatic rings. The van der Waals surface area contributed by atoms with Crippen molar-refractivity contribution in [3.63, 3.8) is 0 Å². The molecule has 8 aromatic carbocycles.